The molecule has 1 aromatic carbocycles. The quantitative estimate of drug-likeness (QED) is 0.910. The second-order valence-corrected chi connectivity index (χ2v) is 5.56. The van der Waals surface area contributed by atoms with Crippen LogP contribution in [-0.4, -0.2) is 40.6 Å². The third-order valence-electron chi connectivity index (χ3n) is 4.05. The number of piperidine rings is 1. The summed E-state index contributed by atoms with van der Waals surface area (Å²) in [7, 11) is 4.29. The van der Waals surface area contributed by atoms with Gasteiger partial charge in [-0.05, 0) is 38.6 Å². The first kappa shape index (κ1) is 12.6. The number of likely N-dealkylation sites (tertiary alicyclic amines) is 1. The first-order chi connectivity index (χ1) is 9.24. The zero-order valence-electron chi connectivity index (χ0n) is 11.8. The van der Waals surface area contributed by atoms with Crippen LogP contribution in [-0.2, 0) is 13.6 Å². The van der Waals surface area contributed by atoms with Crippen LogP contribution in [0.5, 0.6) is 0 Å². The van der Waals surface area contributed by atoms with Crippen LogP contribution in [0, 0.1) is 0 Å². The standard InChI is InChI=1S/C15H22N4/c1-18-9-5-6-12(11-18)16-10-15-17-13-7-3-4-8-14(13)19(15)2/h3-4,7-8,12,16H,5-6,9-11H2,1-2H3. The number of nitrogens with one attached hydrogen (secondary N) is 1. The molecule has 0 amide bonds. The molecule has 1 N–H and O–H groups in total. The molecule has 1 aliphatic rings. The van der Waals surface area contributed by atoms with E-state index in [0.717, 1.165) is 24.4 Å². The lowest BCUT2D eigenvalue weighted by Gasteiger charge is -2.30. The van der Waals surface area contributed by atoms with Gasteiger partial charge in [-0.3, -0.25) is 0 Å². The topological polar surface area (TPSA) is 33.1 Å². The van der Waals surface area contributed by atoms with Crippen LogP contribution in [0.1, 0.15) is 18.7 Å². The van der Waals surface area contributed by atoms with Crippen molar-refractivity contribution in [2.45, 2.75) is 25.4 Å². The molecular weight excluding hydrogens is 236 g/mol. The highest BCUT2D eigenvalue weighted by Crippen LogP contribution is 2.15. The normalized spacial score (nSPS) is 21.1. The Kier molecular flexibility index (Phi) is 3.53. The zero-order valence-corrected chi connectivity index (χ0v) is 11.8. The summed E-state index contributed by atoms with van der Waals surface area (Å²) in [4.78, 5) is 7.10. The van der Waals surface area contributed by atoms with Crippen molar-refractivity contribution in [2.24, 2.45) is 7.05 Å². The second-order valence-electron chi connectivity index (χ2n) is 5.56. The lowest BCUT2D eigenvalue weighted by molar-refractivity contribution is 0.225. The highest BCUT2D eigenvalue weighted by Gasteiger charge is 2.17. The predicted octanol–water partition coefficient (Wildman–Crippen LogP) is 1.76. The highest BCUT2D eigenvalue weighted by molar-refractivity contribution is 5.75. The van der Waals surface area contributed by atoms with Gasteiger partial charge in [-0.2, -0.15) is 0 Å². The fraction of sp³-hybridized carbons (Fsp3) is 0.533. The zero-order chi connectivity index (χ0) is 13.2. The second kappa shape index (κ2) is 5.31. The number of imidazole rings is 1. The summed E-state index contributed by atoms with van der Waals surface area (Å²) in [5, 5.41) is 3.65. The van der Waals surface area contributed by atoms with Gasteiger partial charge in [0.15, 0.2) is 0 Å². The van der Waals surface area contributed by atoms with Crippen molar-refractivity contribution in [1.82, 2.24) is 19.8 Å². The average Bonchev–Trinajstić information content (AvgIpc) is 2.74. The molecule has 1 aliphatic heterocycles. The molecule has 1 aromatic heterocycles. The highest BCUT2D eigenvalue weighted by atomic mass is 15.2. The molecule has 19 heavy (non-hydrogen) atoms. The van der Waals surface area contributed by atoms with E-state index in [1.165, 1.54) is 24.9 Å². The Balaban J connectivity index is 1.69. The number of fused-ring (bicyclic) bond motifs is 1. The smallest absolute Gasteiger partial charge is 0.123 e. The van der Waals surface area contributed by atoms with Crippen LogP contribution in [0.3, 0.4) is 0 Å². The molecule has 4 nitrogen and oxygen atoms in total. The predicted molar refractivity (Wildman–Crippen MR) is 78.1 cm³/mol. The van der Waals surface area contributed by atoms with E-state index in [9.17, 15) is 0 Å². The summed E-state index contributed by atoms with van der Waals surface area (Å²) >= 11 is 0. The van der Waals surface area contributed by atoms with Gasteiger partial charge in [0.2, 0.25) is 0 Å². The minimum Gasteiger partial charge on any atom is -0.330 e. The van der Waals surface area contributed by atoms with Crippen molar-refractivity contribution in [1.29, 1.82) is 0 Å². The monoisotopic (exact) mass is 258 g/mol. The van der Waals surface area contributed by atoms with E-state index < -0.39 is 0 Å². The van der Waals surface area contributed by atoms with Crippen molar-refractivity contribution >= 4 is 11.0 Å². The van der Waals surface area contributed by atoms with E-state index in [-0.39, 0.29) is 0 Å². The number of nitrogens with zero attached hydrogens (tertiary/aromatic N) is 3. The fourth-order valence-corrected chi connectivity index (χ4v) is 2.92. The van der Waals surface area contributed by atoms with Gasteiger partial charge in [-0.15, -0.1) is 0 Å². The molecule has 0 aliphatic carbocycles. The lowest BCUT2D eigenvalue weighted by Crippen LogP contribution is -2.43. The van der Waals surface area contributed by atoms with E-state index in [0.29, 0.717) is 6.04 Å². The van der Waals surface area contributed by atoms with Gasteiger partial charge >= 0.3 is 0 Å². The van der Waals surface area contributed by atoms with E-state index in [4.69, 9.17) is 4.98 Å². The molecule has 102 valence electrons. The summed E-state index contributed by atoms with van der Waals surface area (Å²) in [5.74, 6) is 1.12. The molecule has 4 heteroatoms. The van der Waals surface area contributed by atoms with Crippen LogP contribution in [0.15, 0.2) is 24.3 Å². The first-order valence-corrected chi connectivity index (χ1v) is 7.06. The molecule has 1 atom stereocenters. The number of aryl methyl sites for hydroxylation is 1. The van der Waals surface area contributed by atoms with Gasteiger partial charge in [-0.25, -0.2) is 4.98 Å². The molecule has 0 bridgehead atoms. The third kappa shape index (κ3) is 2.65. The van der Waals surface area contributed by atoms with Crippen molar-refractivity contribution in [3.05, 3.63) is 30.1 Å². The molecule has 3 rings (SSSR count). The van der Waals surface area contributed by atoms with Crippen molar-refractivity contribution in [3.8, 4) is 0 Å². The number of rotatable bonds is 3. The molecule has 1 fully saturated rings. The Hall–Kier alpha value is -1.39. The summed E-state index contributed by atoms with van der Waals surface area (Å²) < 4.78 is 2.19. The van der Waals surface area contributed by atoms with Crippen LogP contribution in [0.2, 0.25) is 0 Å². The number of aromatic nitrogens is 2. The number of likely N-dealkylation sites (N-methyl/N-ethyl adjacent to an activating group) is 1. The van der Waals surface area contributed by atoms with Crippen LogP contribution >= 0.6 is 0 Å². The van der Waals surface area contributed by atoms with E-state index in [2.05, 4.69) is 47.1 Å². The Morgan fingerprint density at radius 2 is 2.16 bits per heavy atom. The minimum atomic E-state index is 0.596. The summed E-state index contributed by atoms with van der Waals surface area (Å²) in [5.41, 5.74) is 2.29. The number of benzene rings is 1. The maximum absolute atomic E-state index is 4.70. The molecule has 0 radical (unpaired) electrons. The first-order valence-electron chi connectivity index (χ1n) is 7.06. The maximum Gasteiger partial charge on any atom is 0.123 e. The Morgan fingerprint density at radius 1 is 1.32 bits per heavy atom. The Labute approximate surface area is 114 Å². The van der Waals surface area contributed by atoms with E-state index in [1.807, 2.05) is 6.07 Å². The molecule has 2 heterocycles. The summed E-state index contributed by atoms with van der Waals surface area (Å²) in [6.45, 7) is 3.22. The summed E-state index contributed by atoms with van der Waals surface area (Å²) in [6.07, 6.45) is 2.56. The third-order valence-corrected chi connectivity index (χ3v) is 4.05. The summed E-state index contributed by atoms with van der Waals surface area (Å²) in [6, 6.07) is 8.91. The Bertz CT molecular complexity index is 560. The van der Waals surface area contributed by atoms with Gasteiger partial charge in [0.05, 0.1) is 17.6 Å². The molecule has 1 unspecified atom stereocenters. The lowest BCUT2D eigenvalue weighted by atomic mass is 10.1. The van der Waals surface area contributed by atoms with Gasteiger partial charge < -0.3 is 14.8 Å². The van der Waals surface area contributed by atoms with E-state index in [1.54, 1.807) is 0 Å². The van der Waals surface area contributed by atoms with Crippen LogP contribution in [0.25, 0.3) is 11.0 Å². The van der Waals surface area contributed by atoms with Crippen LogP contribution in [0.4, 0.5) is 0 Å². The largest absolute Gasteiger partial charge is 0.330 e. The number of hydrogen-bond donors (Lipinski definition) is 1. The van der Waals surface area contributed by atoms with Gasteiger partial charge in [0.1, 0.15) is 5.82 Å². The van der Waals surface area contributed by atoms with Crippen molar-refractivity contribution in [2.75, 3.05) is 20.1 Å². The molecule has 2 aromatic rings. The molecule has 0 saturated carbocycles. The van der Waals surface area contributed by atoms with Crippen LogP contribution < -0.4 is 5.32 Å². The van der Waals surface area contributed by atoms with Crippen molar-refractivity contribution < 1.29 is 0 Å². The SMILES string of the molecule is CN1CCCC(NCc2nc3ccccc3n2C)C1. The van der Waals surface area contributed by atoms with Gasteiger partial charge in [0, 0.05) is 19.6 Å². The van der Waals surface area contributed by atoms with E-state index >= 15 is 0 Å². The molecule has 0 spiro atoms. The number of hydrogen-bond acceptors (Lipinski definition) is 3. The fourth-order valence-electron chi connectivity index (χ4n) is 2.92. The number of para-hydroxylation sites is 2. The Morgan fingerprint density at radius 3 is 2.95 bits per heavy atom. The van der Waals surface area contributed by atoms with Crippen molar-refractivity contribution in [3.63, 3.8) is 0 Å². The maximum atomic E-state index is 4.70. The van der Waals surface area contributed by atoms with Gasteiger partial charge in [-0.1, -0.05) is 12.1 Å². The molecule has 1 saturated heterocycles. The van der Waals surface area contributed by atoms with Gasteiger partial charge in [0.25, 0.3) is 0 Å². The molecular formula is C15H22N4. The average molecular weight is 258 g/mol. The minimum absolute atomic E-state index is 0.596.